The maximum Gasteiger partial charge on any atom is 0.0710 e. The zero-order valence-corrected chi connectivity index (χ0v) is 11.8. The van der Waals surface area contributed by atoms with Crippen LogP contribution in [0.3, 0.4) is 0 Å². The van der Waals surface area contributed by atoms with Gasteiger partial charge in [0.25, 0.3) is 0 Å². The summed E-state index contributed by atoms with van der Waals surface area (Å²) in [7, 11) is 1.86. The van der Waals surface area contributed by atoms with Gasteiger partial charge in [-0.1, -0.05) is 12.8 Å². The van der Waals surface area contributed by atoms with Crippen LogP contribution in [0.4, 0.5) is 0 Å². The van der Waals surface area contributed by atoms with Crippen molar-refractivity contribution in [2.45, 2.75) is 57.1 Å². The van der Waals surface area contributed by atoms with Crippen molar-refractivity contribution in [1.29, 1.82) is 0 Å². The first kappa shape index (κ1) is 12.9. The monoisotopic (exact) mass is 252 g/mol. The SMILES string of the molecule is COC1CCN(CC2(CNC3CC3)CCCC2)C1. The van der Waals surface area contributed by atoms with Crippen molar-refractivity contribution in [3.8, 4) is 0 Å². The number of methoxy groups -OCH3 is 1. The summed E-state index contributed by atoms with van der Waals surface area (Å²) in [5.41, 5.74) is 0.575. The van der Waals surface area contributed by atoms with E-state index in [2.05, 4.69) is 10.2 Å². The topological polar surface area (TPSA) is 24.5 Å². The maximum absolute atomic E-state index is 5.49. The van der Waals surface area contributed by atoms with Gasteiger partial charge in [-0.15, -0.1) is 0 Å². The van der Waals surface area contributed by atoms with E-state index in [0.29, 0.717) is 11.5 Å². The molecule has 3 heteroatoms. The van der Waals surface area contributed by atoms with Gasteiger partial charge in [-0.2, -0.15) is 0 Å². The maximum atomic E-state index is 5.49. The molecular formula is C15H28N2O. The zero-order chi connectivity index (χ0) is 12.4. The molecule has 2 aliphatic carbocycles. The molecule has 3 nitrogen and oxygen atoms in total. The zero-order valence-electron chi connectivity index (χ0n) is 11.8. The molecule has 3 rings (SSSR count). The Labute approximate surface area is 111 Å². The van der Waals surface area contributed by atoms with Gasteiger partial charge < -0.3 is 15.0 Å². The molecule has 0 spiro atoms. The summed E-state index contributed by atoms with van der Waals surface area (Å²) in [4.78, 5) is 2.65. The lowest BCUT2D eigenvalue weighted by molar-refractivity contribution is 0.0969. The van der Waals surface area contributed by atoms with Crippen molar-refractivity contribution in [3.63, 3.8) is 0 Å². The van der Waals surface area contributed by atoms with E-state index < -0.39 is 0 Å². The standard InChI is InChI=1S/C15H28N2O/c1-18-14-6-9-17(10-14)12-15(7-2-3-8-15)11-16-13-4-5-13/h13-14,16H,2-12H2,1H3. The van der Waals surface area contributed by atoms with Crippen molar-refractivity contribution in [1.82, 2.24) is 10.2 Å². The van der Waals surface area contributed by atoms with E-state index in [1.807, 2.05) is 7.11 Å². The molecule has 3 fully saturated rings. The highest BCUT2D eigenvalue weighted by atomic mass is 16.5. The highest BCUT2D eigenvalue weighted by molar-refractivity contribution is 4.94. The first-order valence-corrected chi connectivity index (χ1v) is 7.78. The van der Waals surface area contributed by atoms with Gasteiger partial charge in [-0.05, 0) is 37.5 Å². The molecule has 2 saturated carbocycles. The minimum atomic E-state index is 0.486. The average molecular weight is 252 g/mol. The lowest BCUT2D eigenvalue weighted by Crippen LogP contribution is -2.42. The lowest BCUT2D eigenvalue weighted by Gasteiger charge is -2.34. The number of nitrogens with one attached hydrogen (secondary N) is 1. The van der Waals surface area contributed by atoms with Crippen LogP contribution in [0.2, 0.25) is 0 Å². The summed E-state index contributed by atoms with van der Waals surface area (Å²) in [6.07, 6.45) is 10.3. The van der Waals surface area contributed by atoms with E-state index in [1.165, 1.54) is 64.6 Å². The Morgan fingerprint density at radius 2 is 2.00 bits per heavy atom. The summed E-state index contributed by atoms with van der Waals surface area (Å²) in [5.74, 6) is 0. The molecule has 0 radical (unpaired) electrons. The second-order valence-corrected chi connectivity index (χ2v) is 6.74. The number of rotatable bonds is 6. The van der Waals surface area contributed by atoms with Crippen LogP contribution in [0.1, 0.15) is 44.9 Å². The third-order valence-electron chi connectivity index (χ3n) is 5.13. The fourth-order valence-electron chi connectivity index (χ4n) is 3.77. The number of hydrogen-bond donors (Lipinski definition) is 1. The molecule has 1 atom stereocenters. The second kappa shape index (κ2) is 5.48. The normalized spacial score (nSPS) is 32.2. The molecule has 1 N–H and O–H groups in total. The minimum absolute atomic E-state index is 0.486. The van der Waals surface area contributed by atoms with Crippen LogP contribution >= 0.6 is 0 Å². The molecule has 0 aromatic heterocycles. The molecule has 0 aromatic carbocycles. The Balaban J connectivity index is 1.52. The van der Waals surface area contributed by atoms with E-state index in [-0.39, 0.29) is 0 Å². The Kier molecular flexibility index (Phi) is 3.92. The Morgan fingerprint density at radius 3 is 2.61 bits per heavy atom. The van der Waals surface area contributed by atoms with E-state index >= 15 is 0 Å². The van der Waals surface area contributed by atoms with Crippen LogP contribution in [0, 0.1) is 5.41 Å². The first-order chi connectivity index (χ1) is 8.80. The van der Waals surface area contributed by atoms with Gasteiger partial charge in [-0.25, -0.2) is 0 Å². The third kappa shape index (κ3) is 3.06. The second-order valence-electron chi connectivity index (χ2n) is 6.74. The van der Waals surface area contributed by atoms with Crippen molar-refractivity contribution in [2.24, 2.45) is 5.41 Å². The molecule has 1 aliphatic heterocycles. The number of nitrogens with zero attached hydrogens (tertiary/aromatic N) is 1. The summed E-state index contributed by atoms with van der Waals surface area (Å²) < 4.78 is 5.49. The van der Waals surface area contributed by atoms with Gasteiger partial charge in [0.15, 0.2) is 0 Å². The molecule has 1 unspecified atom stereocenters. The van der Waals surface area contributed by atoms with Gasteiger partial charge in [0, 0.05) is 39.3 Å². The van der Waals surface area contributed by atoms with Crippen LogP contribution in [-0.2, 0) is 4.74 Å². The summed E-state index contributed by atoms with van der Waals surface area (Å²) in [6.45, 7) is 4.95. The quantitative estimate of drug-likeness (QED) is 0.783. The fourth-order valence-corrected chi connectivity index (χ4v) is 3.77. The Hall–Kier alpha value is -0.120. The molecule has 1 heterocycles. The van der Waals surface area contributed by atoms with Crippen LogP contribution in [0.5, 0.6) is 0 Å². The Bertz CT molecular complexity index is 272. The van der Waals surface area contributed by atoms with E-state index in [0.717, 1.165) is 12.6 Å². The van der Waals surface area contributed by atoms with Crippen molar-refractivity contribution in [2.75, 3.05) is 33.3 Å². The van der Waals surface area contributed by atoms with Gasteiger partial charge >= 0.3 is 0 Å². The van der Waals surface area contributed by atoms with E-state index in [9.17, 15) is 0 Å². The van der Waals surface area contributed by atoms with Gasteiger partial charge in [0.05, 0.1) is 6.10 Å². The van der Waals surface area contributed by atoms with Crippen LogP contribution < -0.4 is 5.32 Å². The number of likely N-dealkylation sites (tertiary alicyclic amines) is 1. The molecule has 3 aliphatic rings. The highest BCUT2D eigenvalue weighted by Gasteiger charge is 2.38. The van der Waals surface area contributed by atoms with Crippen LogP contribution in [0.25, 0.3) is 0 Å². The van der Waals surface area contributed by atoms with Crippen molar-refractivity contribution >= 4 is 0 Å². The number of ether oxygens (including phenoxy) is 1. The van der Waals surface area contributed by atoms with E-state index in [4.69, 9.17) is 4.74 Å². The molecule has 18 heavy (non-hydrogen) atoms. The van der Waals surface area contributed by atoms with Gasteiger partial charge in [0.1, 0.15) is 0 Å². The Morgan fingerprint density at radius 1 is 1.22 bits per heavy atom. The molecule has 0 aromatic rings. The predicted molar refractivity (Wildman–Crippen MR) is 73.8 cm³/mol. The van der Waals surface area contributed by atoms with E-state index in [1.54, 1.807) is 0 Å². The summed E-state index contributed by atoms with van der Waals surface area (Å²) in [5, 5.41) is 3.78. The predicted octanol–water partition coefficient (Wildman–Crippen LogP) is 2.02. The van der Waals surface area contributed by atoms with Crippen molar-refractivity contribution in [3.05, 3.63) is 0 Å². The number of hydrogen-bond acceptors (Lipinski definition) is 3. The minimum Gasteiger partial charge on any atom is -0.380 e. The van der Waals surface area contributed by atoms with Crippen LogP contribution in [0.15, 0.2) is 0 Å². The largest absolute Gasteiger partial charge is 0.380 e. The third-order valence-corrected chi connectivity index (χ3v) is 5.13. The molecule has 0 bridgehead atoms. The molecule has 0 amide bonds. The van der Waals surface area contributed by atoms with Crippen molar-refractivity contribution < 1.29 is 4.74 Å². The van der Waals surface area contributed by atoms with Gasteiger partial charge in [0.2, 0.25) is 0 Å². The molecule has 104 valence electrons. The van der Waals surface area contributed by atoms with Gasteiger partial charge in [-0.3, -0.25) is 0 Å². The smallest absolute Gasteiger partial charge is 0.0710 e. The lowest BCUT2D eigenvalue weighted by atomic mass is 9.85. The molecule has 1 saturated heterocycles. The van der Waals surface area contributed by atoms with Crippen LogP contribution in [-0.4, -0.2) is 50.3 Å². The highest BCUT2D eigenvalue weighted by Crippen LogP contribution is 2.39. The first-order valence-electron chi connectivity index (χ1n) is 7.78. The molecular weight excluding hydrogens is 224 g/mol. The average Bonchev–Trinajstić information content (AvgIpc) is 2.93. The fraction of sp³-hybridized carbons (Fsp3) is 1.00. The summed E-state index contributed by atoms with van der Waals surface area (Å²) >= 11 is 0. The summed E-state index contributed by atoms with van der Waals surface area (Å²) in [6, 6.07) is 0.854.